The average molecular weight is 305 g/mol. The Bertz CT molecular complexity index is 874. The molecule has 4 rings (SSSR count). The molecule has 0 bridgehead atoms. The summed E-state index contributed by atoms with van der Waals surface area (Å²) in [5.41, 5.74) is 5.23. The van der Waals surface area contributed by atoms with Crippen LogP contribution in [-0.4, -0.2) is 26.5 Å². The van der Waals surface area contributed by atoms with Gasteiger partial charge in [-0.05, 0) is 31.0 Å². The number of benzene rings is 1. The van der Waals surface area contributed by atoms with Gasteiger partial charge in [-0.3, -0.25) is 0 Å². The van der Waals surface area contributed by atoms with Gasteiger partial charge in [0.15, 0.2) is 5.82 Å². The van der Waals surface area contributed by atoms with Gasteiger partial charge in [0.05, 0.1) is 29.0 Å². The number of nitrogens with zero attached hydrogens (tertiary/aromatic N) is 5. The fourth-order valence-electron chi connectivity index (χ4n) is 3.07. The van der Waals surface area contributed by atoms with Gasteiger partial charge >= 0.3 is 0 Å². The lowest BCUT2D eigenvalue weighted by Gasteiger charge is -2.29. The molecule has 0 atom stereocenters. The van der Waals surface area contributed by atoms with E-state index in [0.29, 0.717) is 0 Å². The van der Waals surface area contributed by atoms with Crippen molar-refractivity contribution in [2.45, 2.75) is 33.2 Å². The number of fused-ring (bicyclic) bond motifs is 2. The lowest BCUT2D eigenvalue weighted by atomic mass is 10.1. The molecule has 116 valence electrons. The summed E-state index contributed by atoms with van der Waals surface area (Å²) in [4.78, 5) is 20.9. The van der Waals surface area contributed by atoms with Crippen LogP contribution in [0.4, 0.5) is 5.82 Å². The number of para-hydroxylation sites is 2. The molecule has 0 radical (unpaired) electrons. The molecule has 23 heavy (non-hydrogen) atoms. The largest absolute Gasteiger partial charge is 0.349 e. The average Bonchev–Trinajstić information content (AvgIpc) is 2.60. The van der Waals surface area contributed by atoms with E-state index in [0.717, 1.165) is 60.0 Å². The highest BCUT2D eigenvalue weighted by Gasteiger charge is 2.21. The van der Waals surface area contributed by atoms with E-state index in [1.807, 2.05) is 37.4 Å². The fraction of sp³-hybridized carbons (Fsp3) is 0.333. The van der Waals surface area contributed by atoms with E-state index < -0.39 is 0 Å². The molecule has 3 aromatic rings. The summed E-state index contributed by atoms with van der Waals surface area (Å²) in [5.74, 6) is 1.87. The predicted molar refractivity (Wildman–Crippen MR) is 90.4 cm³/mol. The molecule has 0 spiro atoms. The SMILES string of the molecule is CCc1ncc2c(n1)CN(c1nc3ccccc3nc1C)CC2. The summed E-state index contributed by atoms with van der Waals surface area (Å²) in [6.07, 6.45) is 3.80. The van der Waals surface area contributed by atoms with Gasteiger partial charge in [-0.25, -0.2) is 19.9 Å². The van der Waals surface area contributed by atoms with Crippen molar-refractivity contribution in [3.8, 4) is 0 Å². The third-order valence-corrected chi connectivity index (χ3v) is 4.33. The summed E-state index contributed by atoms with van der Waals surface area (Å²) in [6, 6.07) is 8.02. The minimum atomic E-state index is 0.777. The predicted octanol–water partition coefficient (Wildman–Crippen LogP) is 2.85. The van der Waals surface area contributed by atoms with Gasteiger partial charge in [0.25, 0.3) is 0 Å². The third kappa shape index (κ3) is 2.52. The Balaban J connectivity index is 1.72. The van der Waals surface area contributed by atoms with Gasteiger partial charge in [0.1, 0.15) is 5.82 Å². The van der Waals surface area contributed by atoms with Crippen LogP contribution < -0.4 is 4.90 Å². The zero-order chi connectivity index (χ0) is 15.8. The van der Waals surface area contributed by atoms with Crippen LogP contribution in [0.3, 0.4) is 0 Å². The lowest BCUT2D eigenvalue weighted by molar-refractivity contribution is 0.682. The molecular formula is C18H19N5. The van der Waals surface area contributed by atoms with E-state index in [2.05, 4.69) is 16.8 Å². The van der Waals surface area contributed by atoms with E-state index in [9.17, 15) is 0 Å². The zero-order valence-electron chi connectivity index (χ0n) is 13.5. The number of aryl methyl sites for hydroxylation is 2. The Hall–Kier alpha value is -2.56. The van der Waals surface area contributed by atoms with Gasteiger partial charge in [0.2, 0.25) is 0 Å². The quantitative estimate of drug-likeness (QED) is 0.728. The maximum absolute atomic E-state index is 4.83. The van der Waals surface area contributed by atoms with Crippen molar-refractivity contribution in [2.24, 2.45) is 0 Å². The third-order valence-electron chi connectivity index (χ3n) is 4.33. The van der Waals surface area contributed by atoms with Crippen molar-refractivity contribution >= 4 is 16.9 Å². The normalized spacial score (nSPS) is 14.1. The number of aromatic nitrogens is 4. The molecule has 2 aromatic heterocycles. The first-order valence-corrected chi connectivity index (χ1v) is 8.06. The summed E-state index contributed by atoms with van der Waals surface area (Å²) >= 11 is 0. The van der Waals surface area contributed by atoms with Crippen LogP contribution in [0.15, 0.2) is 30.5 Å². The second kappa shape index (κ2) is 5.57. The second-order valence-electron chi connectivity index (χ2n) is 5.90. The number of rotatable bonds is 2. The first-order chi connectivity index (χ1) is 11.2. The van der Waals surface area contributed by atoms with E-state index in [-0.39, 0.29) is 0 Å². The highest BCUT2D eigenvalue weighted by atomic mass is 15.2. The highest BCUT2D eigenvalue weighted by molar-refractivity contribution is 5.76. The van der Waals surface area contributed by atoms with Crippen molar-refractivity contribution in [3.63, 3.8) is 0 Å². The smallest absolute Gasteiger partial charge is 0.151 e. The monoisotopic (exact) mass is 305 g/mol. The molecular weight excluding hydrogens is 286 g/mol. The Labute approximate surface area is 135 Å². The van der Waals surface area contributed by atoms with Crippen LogP contribution in [-0.2, 0) is 19.4 Å². The maximum Gasteiger partial charge on any atom is 0.151 e. The van der Waals surface area contributed by atoms with E-state index in [1.54, 1.807) is 0 Å². The minimum absolute atomic E-state index is 0.777. The van der Waals surface area contributed by atoms with Crippen molar-refractivity contribution in [1.29, 1.82) is 0 Å². The van der Waals surface area contributed by atoms with Gasteiger partial charge in [-0.1, -0.05) is 19.1 Å². The number of anilines is 1. The molecule has 1 aliphatic heterocycles. The molecule has 0 fully saturated rings. The Morgan fingerprint density at radius 1 is 1.09 bits per heavy atom. The molecule has 0 saturated carbocycles. The standard InChI is InChI=1S/C18H19N5/c1-3-17-19-10-13-8-9-23(11-16(13)21-17)18-12(2)20-14-6-4-5-7-15(14)22-18/h4-7,10H,3,8-9,11H2,1-2H3. The van der Waals surface area contributed by atoms with Crippen molar-refractivity contribution in [2.75, 3.05) is 11.4 Å². The molecule has 0 saturated heterocycles. The maximum atomic E-state index is 4.83. The molecule has 3 heterocycles. The Morgan fingerprint density at radius 3 is 2.65 bits per heavy atom. The van der Waals surface area contributed by atoms with Crippen LogP contribution in [0.1, 0.15) is 29.7 Å². The van der Waals surface area contributed by atoms with Crippen LogP contribution in [0.5, 0.6) is 0 Å². The molecule has 0 amide bonds. The molecule has 5 nitrogen and oxygen atoms in total. The molecule has 5 heteroatoms. The Kier molecular flexibility index (Phi) is 3.41. The number of hydrogen-bond donors (Lipinski definition) is 0. The van der Waals surface area contributed by atoms with Gasteiger partial charge in [-0.2, -0.15) is 0 Å². The van der Waals surface area contributed by atoms with E-state index >= 15 is 0 Å². The molecule has 0 aliphatic carbocycles. The first-order valence-electron chi connectivity index (χ1n) is 8.06. The second-order valence-corrected chi connectivity index (χ2v) is 5.90. The summed E-state index contributed by atoms with van der Waals surface area (Å²) in [6.45, 7) is 5.82. The molecule has 0 unspecified atom stereocenters. The topological polar surface area (TPSA) is 54.8 Å². The van der Waals surface area contributed by atoms with Crippen LogP contribution in [0, 0.1) is 6.92 Å². The summed E-state index contributed by atoms with van der Waals surface area (Å²) < 4.78 is 0. The summed E-state index contributed by atoms with van der Waals surface area (Å²) in [5, 5.41) is 0. The first kappa shape index (κ1) is 14.1. The zero-order valence-corrected chi connectivity index (χ0v) is 13.5. The molecule has 1 aromatic carbocycles. The van der Waals surface area contributed by atoms with Gasteiger partial charge < -0.3 is 4.90 Å². The molecule has 0 N–H and O–H groups in total. The summed E-state index contributed by atoms with van der Waals surface area (Å²) in [7, 11) is 0. The van der Waals surface area contributed by atoms with Crippen LogP contribution >= 0.6 is 0 Å². The van der Waals surface area contributed by atoms with E-state index in [4.69, 9.17) is 15.0 Å². The van der Waals surface area contributed by atoms with E-state index in [1.165, 1.54) is 5.56 Å². The highest BCUT2D eigenvalue weighted by Crippen LogP contribution is 2.25. The van der Waals surface area contributed by atoms with Crippen molar-refractivity contribution < 1.29 is 0 Å². The van der Waals surface area contributed by atoms with Gasteiger partial charge in [0, 0.05) is 19.2 Å². The lowest BCUT2D eigenvalue weighted by Crippen LogP contribution is -2.33. The Morgan fingerprint density at radius 2 is 1.87 bits per heavy atom. The molecule has 1 aliphatic rings. The van der Waals surface area contributed by atoms with Crippen molar-refractivity contribution in [1.82, 2.24) is 19.9 Å². The van der Waals surface area contributed by atoms with Crippen molar-refractivity contribution in [3.05, 3.63) is 53.2 Å². The van der Waals surface area contributed by atoms with Crippen LogP contribution in [0.2, 0.25) is 0 Å². The van der Waals surface area contributed by atoms with Gasteiger partial charge in [-0.15, -0.1) is 0 Å². The van der Waals surface area contributed by atoms with Crippen LogP contribution in [0.25, 0.3) is 11.0 Å². The minimum Gasteiger partial charge on any atom is -0.349 e. The number of hydrogen-bond acceptors (Lipinski definition) is 5. The fourth-order valence-corrected chi connectivity index (χ4v) is 3.07.